The average Bonchev–Trinajstić information content (AvgIpc) is 2.34. The molecule has 0 heterocycles. The van der Waals surface area contributed by atoms with E-state index < -0.39 is 5.97 Å². The molecule has 0 amide bonds. The minimum atomic E-state index is -0.933. The highest BCUT2D eigenvalue weighted by atomic mass is 16.4. The van der Waals surface area contributed by atoms with Gasteiger partial charge in [0.1, 0.15) is 5.75 Å². The standard InChI is InChI=1S/C16H24O3/c1-4-5-6-7-8-11(2)13-10-14(16(18)19)12(3)9-15(13)17/h9-11,17H,4-8H2,1-3H3,(H,18,19). The van der Waals surface area contributed by atoms with Gasteiger partial charge in [0.15, 0.2) is 0 Å². The molecule has 1 atom stereocenters. The Labute approximate surface area is 115 Å². The Morgan fingerprint density at radius 1 is 1.26 bits per heavy atom. The molecule has 3 nitrogen and oxygen atoms in total. The smallest absolute Gasteiger partial charge is 0.335 e. The molecule has 2 N–H and O–H groups in total. The number of benzene rings is 1. The Kier molecular flexibility index (Phi) is 5.87. The minimum absolute atomic E-state index is 0.190. The number of carboxylic acids is 1. The van der Waals surface area contributed by atoms with Crippen molar-refractivity contribution in [1.82, 2.24) is 0 Å². The Balaban J connectivity index is 2.81. The van der Waals surface area contributed by atoms with Gasteiger partial charge in [-0.05, 0) is 42.5 Å². The first-order chi connectivity index (χ1) is 8.97. The molecule has 1 rings (SSSR count). The number of carboxylic acid groups (broad SMARTS) is 1. The maximum absolute atomic E-state index is 11.1. The molecular formula is C16H24O3. The summed E-state index contributed by atoms with van der Waals surface area (Å²) >= 11 is 0. The predicted octanol–water partition coefficient (Wildman–Crippen LogP) is 4.47. The summed E-state index contributed by atoms with van der Waals surface area (Å²) in [6.07, 6.45) is 5.72. The van der Waals surface area contributed by atoms with Crippen molar-refractivity contribution in [3.8, 4) is 5.75 Å². The van der Waals surface area contributed by atoms with Crippen LogP contribution in [0, 0.1) is 6.92 Å². The second kappa shape index (κ2) is 7.17. The molecule has 1 unspecified atom stereocenters. The van der Waals surface area contributed by atoms with Crippen molar-refractivity contribution in [2.75, 3.05) is 0 Å². The summed E-state index contributed by atoms with van der Waals surface area (Å²) in [4.78, 5) is 11.1. The third-order valence-electron chi connectivity index (χ3n) is 3.63. The summed E-state index contributed by atoms with van der Waals surface area (Å²) in [5.41, 5.74) is 1.64. The quantitative estimate of drug-likeness (QED) is 0.714. The van der Waals surface area contributed by atoms with Gasteiger partial charge in [0.2, 0.25) is 0 Å². The Morgan fingerprint density at radius 2 is 1.95 bits per heavy atom. The largest absolute Gasteiger partial charge is 0.508 e. The first kappa shape index (κ1) is 15.5. The Morgan fingerprint density at radius 3 is 2.53 bits per heavy atom. The van der Waals surface area contributed by atoms with E-state index in [1.54, 1.807) is 19.1 Å². The fourth-order valence-electron chi connectivity index (χ4n) is 2.37. The molecule has 19 heavy (non-hydrogen) atoms. The first-order valence-corrected chi connectivity index (χ1v) is 7.04. The Bertz CT molecular complexity index is 438. The van der Waals surface area contributed by atoms with Crippen molar-refractivity contribution in [2.24, 2.45) is 0 Å². The molecule has 0 aliphatic rings. The van der Waals surface area contributed by atoms with Gasteiger partial charge in [-0.1, -0.05) is 39.5 Å². The van der Waals surface area contributed by atoms with Crippen LogP contribution in [0.15, 0.2) is 12.1 Å². The fraction of sp³-hybridized carbons (Fsp3) is 0.562. The molecule has 0 aromatic heterocycles. The molecule has 0 aliphatic heterocycles. The van der Waals surface area contributed by atoms with Gasteiger partial charge in [0.05, 0.1) is 5.56 Å². The van der Waals surface area contributed by atoms with Crippen LogP contribution in [-0.4, -0.2) is 16.2 Å². The molecule has 106 valence electrons. The predicted molar refractivity (Wildman–Crippen MR) is 77.0 cm³/mol. The molecule has 0 saturated heterocycles. The second-order valence-electron chi connectivity index (χ2n) is 5.28. The maximum atomic E-state index is 11.1. The number of unbranched alkanes of at least 4 members (excludes halogenated alkanes) is 3. The van der Waals surface area contributed by atoms with Crippen LogP contribution >= 0.6 is 0 Å². The van der Waals surface area contributed by atoms with Crippen LogP contribution in [0.2, 0.25) is 0 Å². The number of phenolic OH excluding ortho intramolecular Hbond substituents is 1. The minimum Gasteiger partial charge on any atom is -0.508 e. The van der Waals surface area contributed by atoms with Crippen molar-refractivity contribution < 1.29 is 15.0 Å². The zero-order valence-corrected chi connectivity index (χ0v) is 12.1. The number of rotatable bonds is 7. The zero-order chi connectivity index (χ0) is 14.4. The fourth-order valence-corrected chi connectivity index (χ4v) is 2.37. The van der Waals surface area contributed by atoms with Gasteiger partial charge in [0, 0.05) is 0 Å². The van der Waals surface area contributed by atoms with Gasteiger partial charge in [0.25, 0.3) is 0 Å². The topological polar surface area (TPSA) is 57.5 Å². The molecule has 0 fully saturated rings. The number of phenols is 1. The monoisotopic (exact) mass is 264 g/mol. The lowest BCUT2D eigenvalue weighted by molar-refractivity contribution is 0.0696. The van der Waals surface area contributed by atoms with Gasteiger partial charge >= 0.3 is 5.97 Å². The summed E-state index contributed by atoms with van der Waals surface area (Å²) in [6.45, 7) is 5.93. The van der Waals surface area contributed by atoms with Crippen LogP contribution in [0.25, 0.3) is 0 Å². The summed E-state index contributed by atoms with van der Waals surface area (Å²) in [5.74, 6) is -0.530. The second-order valence-corrected chi connectivity index (χ2v) is 5.28. The number of aryl methyl sites for hydroxylation is 1. The normalized spacial score (nSPS) is 12.4. The molecule has 1 aromatic carbocycles. The SMILES string of the molecule is CCCCCCC(C)c1cc(C(=O)O)c(C)cc1O. The maximum Gasteiger partial charge on any atom is 0.335 e. The lowest BCUT2D eigenvalue weighted by Crippen LogP contribution is -2.03. The molecule has 0 bridgehead atoms. The lowest BCUT2D eigenvalue weighted by Gasteiger charge is -2.15. The summed E-state index contributed by atoms with van der Waals surface area (Å²) in [6, 6.07) is 3.18. The Hall–Kier alpha value is -1.51. The van der Waals surface area contributed by atoms with E-state index in [2.05, 4.69) is 6.92 Å². The van der Waals surface area contributed by atoms with E-state index in [9.17, 15) is 9.90 Å². The van der Waals surface area contributed by atoms with Gasteiger partial charge in [-0.2, -0.15) is 0 Å². The van der Waals surface area contributed by atoms with Crippen LogP contribution in [0.3, 0.4) is 0 Å². The third-order valence-corrected chi connectivity index (χ3v) is 3.63. The van der Waals surface area contributed by atoms with E-state index in [0.29, 0.717) is 5.56 Å². The van der Waals surface area contributed by atoms with E-state index in [1.807, 2.05) is 6.92 Å². The highest BCUT2D eigenvalue weighted by Crippen LogP contribution is 2.32. The summed E-state index contributed by atoms with van der Waals surface area (Å²) in [7, 11) is 0. The lowest BCUT2D eigenvalue weighted by atomic mass is 9.91. The van der Waals surface area contributed by atoms with Gasteiger partial charge in [-0.25, -0.2) is 4.79 Å². The summed E-state index contributed by atoms with van der Waals surface area (Å²) < 4.78 is 0. The van der Waals surface area contributed by atoms with Gasteiger partial charge in [-0.15, -0.1) is 0 Å². The number of aromatic hydroxyl groups is 1. The third kappa shape index (κ3) is 4.27. The van der Waals surface area contributed by atoms with Crippen molar-refractivity contribution >= 4 is 5.97 Å². The van der Waals surface area contributed by atoms with Crippen LogP contribution in [0.4, 0.5) is 0 Å². The van der Waals surface area contributed by atoms with Crippen molar-refractivity contribution in [3.63, 3.8) is 0 Å². The van der Waals surface area contributed by atoms with E-state index >= 15 is 0 Å². The molecule has 0 aliphatic carbocycles. The van der Waals surface area contributed by atoms with Crippen LogP contribution < -0.4 is 0 Å². The molecule has 0 saturated carbocycles. The number of carbonyl (C=O) groups is 1. The molecule has 3 heteroatoms. The number of hydrogen-bond acceptors (Lipinski definition) is 2. The highest BCUT2D eigenvalue weighted by Gasteiger charge is 2.16. The number of hydrogen-bond donors (Lipinski definition) is 2. The van der Waals surface area contributed by atoms with Crippen molar-refractivity contribution in [1.29, 1.82) is 0 Å². The molecule has 0 spiro atoms. The molecule has 0 radical (unpaired) electrons. The van der Waals surface area contributed by atoms with Gasteiger partial charge in [-0.3, -0.25) is 0 Å². The average molecular weight is 264 g/mol. The van der Waals surface area contributed by atoms with Crippen LogP contribution in [0.1, 0.15) is 73.4 Å². The van der Waals surface area contributed by atoms with Crippen molar-refractivity contribution in [2.45, 2.75) is 58.8 Å². The molecule has 1 aromatic rings. The number of aromatic carboxylic acids is 1. The van der Waals surface area contributed by atoms with Crippen LogP contribution in [-0.2, 0) is 0 Å². The van der Waals surface area contributed by atoms with E-state index in [1.165, 1.54) is 19.3 Å². The van der Waals surface area contributed by atoms with E-state index in [0.717, 1.165) is 18.4 Å². The van der Waals surface area contributed by atoms with Crippen molar-refractivity contribution in [3.05, 3.63) is 28.8 Å². The van der Waals surface area contributed by atoms with Crippen LogP contribution in [0.5, 0.6) is 5.75 Å². The first-order valence-electron chi connectivity index (χ1n) is 7.04. The highest BCUT2D eigenvalue weighted by molar-refractivity contribution is 5.90. The van der Waals surface area contributed by atoms with E-state index in [-0.39, 0.29) is 17.2 Å². The zero-order valence-electron chi connectivity index (χ0n) is 12.1. The van der Waals surface area contributed by atoms with Gasteiger partial charge < -0.3 is 10.2 Å². The molecular weight excluding hydrogens is 240 g/mol. The summed E-state index contributed by atoms with van der Waals surface area (Å²) in [5, 5.41) is 19.1. The van der Waals surface area contributed by atoms with E-state index in [4.69, 9.17) is 5.11 Å².